The van der Waals surface area contributed by atoms with Crippen LogP contribution in [0.25, 0.3) is 5.70 Å². The van der Waals surface area contributed by atoms with E-state index in [-0.39, 0.29) is 0 Å². The Kier molecular flexibility index (Phi) is 5.98. The minimum Gasteiger partial charge on any atom is -0.374 e. The van der Waals surface area contributed by atoms with Crippen LogP contribution in [0.3, 0.4) is 0 Å². The number of aryl methyl sites for hydroxylation is 1. The predicted octanol–water partition coefficient (Wildman–Crippen LogP) is 1.78. The molecule has 0 aliphatic carbocycles. The summed E-state index contributed by atoms with van der Waals surface area (Å²) in [5.74, 6) is 0. The van der Waals surface area contributed by atoms with Crippen molar-refractivity contribution in [2.75, 3.05) is 20.8 Å². The molecular weight excluding hydrogens is 248 g/mol. The average molecular weight is 266 g/mol. The largest absolute Gasteiger partial charge is 0.374 e. The third-order valence-electron chi connectivity index (χ3n) is 2.58. The maximum absolute atomic E-state index is 10.7. The molecule has 0 bridgehead atoms. The van der Waals surface area contributed by atoms with E-state index in [0.29, 0.717) is 12.2 Å². The maximum atomic E-state index is 10.7. The summed E-state index contributed by atoms with van der Waals surface area (Å²) in [6.07, 6.45) is 0.480. The van der Waals surface area contributed by atoms with Gasteiger partial charge in [0.05, 0.1) is 11.5 Å². The molecule has 0 saturated carbocycles. The molecule has 0 radical (unpaired) electrons. The Morgan fingerprint density at radius 2 is 1.95 bits per heavy atom. The molecule has 0 saturated heterocycles. The second-order valence-electron chi connectivity index (χ2n) is 3.98. The Morgan fingerprint density at radius 1 is 1.37 bits per heavy atom. The molecule has 0 amide bonds. The Hall–Kier alpha value is -1.92. The molecule has 1 rings (SSSR count). The summed E-state index contributed by atoms with van der Waals surface area (Å²) in [7, 11) is 3.03. The van der Waals surface area contributed by atoms with Gasteiger partial charge in [-0.3, -0.25) is 10.1 Å². The summed E-state index contributed by atoms with van der Waals surface area (Å²) in [5, 5.41) is 13.6. The summed E-state index contributed by atoms with van der Waals surface area (Å²) >= 11 is 0. The maximum Gasteiger partial charge on any atom is 0.258 e. The molecule has 104 valence electrons. The van der Waals surface area contributed by atoms with Crippen LogP contribution in [0.1, 0.15) is 11.1 Å². The summed E-state index contributed by atoms with van der Waals surface area (Å²) in [6, 6.07) is 7.45. The van der Waals surface area contributed by atoms with Gasteiger partial charge in [0.1, 0.15) is 5.70 Å². The number of nitro groups is 1. The fourth-order valence-corrected chi connectivity index (χ4v) is 1.52. The quantitative estimate of drug-likeness (QED) is 0.462. The van der Waals surface area contributed by atoms with Gasteiger partial charge in [-0.05, 0) is 6.92 Å². The van der Waals surface area contributed by atoms with Gasteiger partial charge >= 0.3 is 0 Å². The first-order valence-corrected chi connectivity index (χ1v) is 5.78. The summed E-state index contributed by atoms with van der Waals surface area (Å²) in [6.45, 7) is 2.28. The third-order valence-corrected chi connectivity index (χ3v) is 2.58. The van der Waals surface area contributed by atoms with Crippen molar-refractivity contribution in [3.05, 3.63) is 51.7 Å². The SMILES string of the molecule is COC(CN/C(=C/[N+](=O)[O-])c1ccc(C)cc1)OC. The summed E-state index contributed by atoms with van der Waals surface area (Å²) in [5.41, 5.74) is 2.26. The normalized spacial score (nSPS) is 11.7. The van der Waals surface area contributed by atoms with E-state index in [1.54, 1.807) is 0 Å². The van der Waals surface area contributed by atoms with Gasteiger partial charge in [-0.1, -0.05) is 29.8 Å². The first-order valence-electron chi connectivity index (χ1n) is 5.78. The van der Waals surface area contributed by atoms with Crippen LogP contribution in [-0.2, 0) is 9.47 Å². The molecule has 19 heavy (non-hydrogen) atoms. The lowest BCUT2D eigenvalue weighted by molar-refractivity contribution is -0.401. The topological polar surface area (TPSA) is 73.6 Å². The van der Waals surface area contributed by atoms with E-state index < -0.39 is 11.2 Å². The van der Waals surface area contributed by atoms with Crippen LogP contribution in [0.4, 0.5) is 0 Å². The summed E-state index contributed by atoms with van der Waals surface area (Å²) < 4.78 is 10.1. The van der Waals surface area contributed by atoms with Crippen LogP contribution in [0, 0.1) is 17.0 Å². The lowest BCUT2D eigenvalue weighted by atomic mass is 10.1. The fourth-order valence-electron chi connectivity index (χ4n) is 1.52. The predicted molar refractivity (Wildman–Crippen MR) is 72.0 cm³/mol. The lowest BCUT2D eigenvalue weighted by Crippen LogP contribution is -2.29. The number of methoxy groups -OCH3 is 2. The van der Waals surface area contributed by atoms with Crippen molar-refractivity contribution in [3.63, 3.8) is 0 Å². The first-order chi connectivity index (χ1) is 9.06. The van der Waals surface area contributed by atoms with Crippen LogP contribution in [0.15, 0.2) is 30.5 Å². The smallest absolute Gasteiger partial charge is 0.258 e. The van der Waals surface area contributed by atoms with Gasteiger partial charge in [0, 0.05) is 19.8 Å². The van der Waals surface area contributed by atoms with Crippen molar-refractivity contribution in [2.45, 2.75) is 13.2 Å². The van der Waals surface area contributed by atoms with Crippen LogP contribution >= 0.6 is 0 Å². The van der Waals surface area contributed by atoms with Crippen LogP contribution in [0.5, 0.6) is 0 Å². The molecule has 0 atom stereocenters. The molecule has 0 heterocycles. The van der Waals surface area contributed by atoms with E-state index >= 15 is 0 Å². The highest BCUT2D eigenvalue weighted by molar-refractivity contribution is 5.62. The zero-order valence-corrected chi connectivity index (χ0v) is 11.3. The standard InChI is InChI=1S/C13H18N2O4/c1-10-4-6-11(7-5-10)12(9-15(16)17)14-8-13(18-2)19-3/h4-7,9,13-14H,8H2,1-3H3/b12-9+. The first kappa shape index (κ1) is 15.1. The van der Waals surface area contributed by atoms with E-state index in [4.69, 9.17) is 9.47 Å². The van der Waals surface area contributed by atoms with Gasteiger partial charge in [0.25, 0.3) is 6.20 Å². The monoisotopic (exact) mass is 266 g/mol. The van der Waals surface area contributed by atoms with Gasteiger partial charge in [-0.2, -0.15) is 0 Å². The lowest BCUT2D eigenvalue weighted by Gasteiger charge is -2.16. The number of benzene rings is 1. The number of rotatable bonds is 7. The van der Waals surface area contributed by atoms with Gasteiger partial charge < -0.3 is 14.8 Å². The fraction of sp³-hybridized carbons (Fsp3) is 0.385. The molecule has 0 spiro atoms. The molecule has 0 fully saturated rings. The van der Waals surface area contributed by atoms with E-state index in [0.717, 1.165) is 17.3 Å². The van der Waals surface area contributed by atoms with Crippen LogP contribution in [-0.4, -0.2) is 32.0 Å². The van der Waals surface area contributed by atoms with Crippen molar-refractivity contribution >= 4 is 5.70 Å². The van der Waals surface area contributed by atoms with Gasteiger partial charge in [-0.25, -0.2) is 0 Å². The van der Waals surface area contributed by atoms with E-state index in [1.807, 2.05) is 31.2 Å². The van der Waals surface area contributed by atoms with Crippen LogP contribution in [0.2, 0.25) is 0 Å². The molecule has 0 aliphatic heterocycles. The number of hydrogen-bond donors (Lipinski definition) is 1. The second kappa shape index (κ2) is 7.50. The Labute approximate surface area is 112 Å². The Balaban J connectivity index is 2.84. The molecule has 1 aromatic rings. The van der Waals surface area contributed by atoms with E-state index in [2.05, 4.69) is 5.32 Å². The van der Waals surface area contributed by atoms with Crippen molar-refractivity contribution in [3.8, 4) is 0 Å². The highest BCUT2D eigenvalue weighted by Crippen LogP contribution is 2.13. The number of ether oxygens (including phenoxy) is 2. The molecule has 6 heteroatoms. The Morgan fingerprint density at radius 3 is 2.42 bits per heavy atom. The minimum absolute atomic E-state index is 0.320. The molecule has 0 aliphatic rings. The average Bonchev–Trinajstić information content (AvgIpc) is 2.39. The van der Waals surface area contributed by atoms with Crippen LogP contribution < -0.4 is 5.32 Å². The summed E-state index contributed by atoms with van der Waals surface area (Å²) in [4.78, 5) is 10.2. The van der Waals surface area contributed by atoms with Gasteiger partial charge in [-0.15, -0.1) is 0 Å². The molecule has 1 N–H and O–H groups in total. The van der Waals surface area contributed by atoms with Crippen molar-refractivity contribution in [2.24, 2.45) is 0 Å². The van der Waals surface area contributed by atoms with Crippen molar-refractivity contribution in [1.82, 2.24) is 5.32 Å². The molecule has 1 aromatic carbocycles. The molecule has 6 nitrogen and oxygen atoms in total. The van der Waals surface area contributed by atoms with Crippen molar-refractivity contribution < 1.29 is 14.4 Å². The minimum atomic E-state index is -0.489. The second-order valence-corrected chi connectivity index (χ2v) is 3.98. The third kappa shape index (κ3) is 5.07. The van der Waals surface area contributed by atoms with E-state index in [1.165, 1.54) is 14.2 Å². The number of hydrogen-bond acceptors (Lipinski definition) is 5. The van der Waals surface area contributed by atoms with Crippen molar-refractivity contribution in [1.29, 1.82) is 0 Å². The molecule has 0 unspecified atom stereocenters. The van der Waals surface area contributed by atoms with Gasteiger partial charge in [0.15, 0.2) is 6.29 Å². The number of nitrogens with zero attached hydrogens (tertiary/aromatic N) is 1. The zero-order chi connectivity index (χ0) is 14.3. The zero-order valence-electron chi connectivity index (χ0n) is 11.3. The van der Waals surface area contributed by atoms with Gasteiger partial charge in [0.2, 0.25) is 0 Å². The molecular formula is C13H18N2O4. The highest BCUT2D eigenvalue weighted by atomic mass is 16.7. The number of nitrogens with one attached hydrogen (secondary N) is 1. The Bertz CT molecular complexity index is 438. The molecule has 0 aromatic heterocycles. The van der Waals surface area contributed by atoms with E-state index in [9.17, 15) is 10.1 Å². The highest BCUT2D eigenvalue weighted by Gasteiger charge is 2.10.